The monoisotopic (exact) mass is 231 g/mol. The largest absolute Gasteiger partial charge is 0.316 e. The Morgan fingerprint density at radius 3 is 2.82 bits per heavy atom. The summed E-state index contributed by atoms with van der Waals surface area (Å²) in [6.07, 6.45) is 0.994. The van der Waals surface area contributed by atoms with Gasteiger partial charge in [-0.1, -0.05) is 32.0 Å². The number of hydrogen-bond acceptors (Lipinski definition) is 2. The van der Waals surface area contributed by atoms with Crippen LogP contribution < -0.4 is 5.32 Å². The molecule has 3 nitrogen and oxygen atoms in total. The molecule has 0 atom stereocenters. The molecule has 1 N–H and O–H groups in total. The smallest absolute Gasteiger partial charge is 0.0715 e. The number of fused-ring (bicyclic) bond motifs is 1. The van der Waals surface area contributed by atoms with Crippen molar-refractivity contribution < 1.29 is 0 Å². The van der Waals surface area contributed by atoms with E-state index in [-0.39, 0.29) is 0 Å². The van der Waals surface area contributed by atoms with Crippen molar-refractivity contribution in [3.8, 4) is 0 Å². The van der Waals surface area contributed by atoms with Crippen LogP contribution in [0, 0.1) is 5.92 Å². The van der Waals surface area contributed by atoms with Gasteiger partial charge in [-0.25, -0.2) is 0 Å². The van der Waals surface area contributed by atoms with Gasteiger partial charge in [-0.15, -0.1) is 0 Å². The van der Waals surface area contributed by atoms with E-state index in [9.17, 15) is 0 Å². The predicted molar refractivity (Wildman–Crippen MR) is 72.1 cm³/mol. The van der Waals surface area contributed by atoms with Crippen molar-refractivity contribution >= 4 is 10.9 Å². The molecular formula is C14H21N3. The molecule has 2 aromatic rings. The van der Waals surface area contributed by atoms with E-state index in [0.717, 1.165) is 19.5 Å². The standard InChI is InChI=1S/C14H21N3/c1-11(2)10-15-9-8-13-12-6-4-5-7-14(12)17(3)16-13/h4-7,11,15H,8-10H2,1-3H3. The molecule has 3 heteroatoms. The SMILES string of the molecule is CC(C)CNCCc1nn(C)c2ccccc12. The fourth-order valence-electron chi connectivity index (χ4n) is 2.07. The van der Waals surface area contributed by atoms with E-state index in [1.165, 1.54) is 16.6 Å². The third-order valence-electron chi connectivity index (χ3n) is 2.93. The van der Waals surface area contributed by atoms with Crippen molar-refractivity contribution in [1.82, 2.24) is 15.1 Å². The molecule has 92 valence electrons. The minimum Gasteiger partial charge on any atom is -0.316 e. The average Bonchev–Trinajstić information content (AvgIpc) is 2.63. The second-order valence-electron chi connectivity index (χ2n) is 4.94. The van der Waals surface area contributed by atoms with Gasteiger partial charge in [0.15, 0.2) is 0 Å². The summed E-state index contributed by atoms with van der Waals surface area (Å²) in [4.78, 5) is 0. The van der Waals surface area contributed by atoms with Gasteiger partial charge in [-0.2, -0.15) is 5.10 Å². The van der Waals surface area contributed by atoms with Crippen LogP contribution in [0.25, 0.3) is 10.9 Å². The Balaban J connectivity index is 2.04. The van der Waals surface area contributed by atoms with Gasteiger partial charge in [0.25, 0.3) is 0 Å². The quantitative estimate of drug-likeness (QED) is 0.801. The highest BCUT2D eigenvalue weighted by Crippen LogP contribution is 2.17. The average molecular weight is 231 g/mol. The summed E-state index contributed by atoms with van der Waals surface area (Å²) in [6, 6.07) is 8.41. The number of hydrogen-bond donors (Lipinski definition) is 1. The summed E-state index contributed by atoms with van der Waals surface area (Å²) >= 11 is 0. The molecule has 0 amide bonds. The van der Waals surface area contributed by atoms with Crippen molar-refractivity contribution in [1.29, 1.82) is 0 Å². The third-order valence-corrected chi connectivity index (χ3v) is 2.93. The summed E-state index contributed by atoms with van der Waals surface area (Å²) in [6.45, 7) is 6.52. The summed E-state index contributed by atoms with van der Waals surface area (Å²) < 4.78 is 1.97. The molecule has 2 rings (SSSR count). The molecule has 0 unspecified atom stereocenters. The van der Waals surface area contributed by atoms with Gasteiger partial charge in [-0.05, 0) is 18.5 Å². The van der Waals surface area contributed by atoms with Crippen molar-refractivity contribution in [2.24, 2.45) is 13.0 Å². The van der Waals surface area contributed by atoms with Gasteiger partial charge in [0.1, 0.15) is 0 Å². The second kappa shape index (κ2) is 5.32. The molecular weight excluding hydrogens is 210 g/mol. The fourth-order valence-corrected chi connectivity index (χ4v) is 2.07. The lowest BCUT2D eigenvalue weighted by Gasteiger charge is -2.05. The summed E-state index contributed by atoms with van der Waals surface area (Å²) in [7, 11) is 2.01. The predicted octanol–water partition coefficient (Wildman–Crippen LogP) is 2.36. The number of aryl methyl sites for hydroxylation is 1. The van der Waals surface area contributed by atoms with E-state index in [1.54, 1.807) is 0 Å². The Bertz CT molecular complexity index is 485. The van der Waals surface area contributed by atoms with Crippen LogP contribution in [0.15, 0.2) is 24.3 Å². The lowest BCUT2D eigenvalue weighted by molar-refractivity contribution is 0.551. The maximum atomic E-state index is 4.58. The lowest BCUT2D eigenvalue weighted by atomic mass is 10.1. The molecule has 0 bridgehead atoms. The normalized spacial score (nSPS) is 11.5. The minimum atomic E-state index is 0.704. The van der Waals surface area contributed by atoms with Gasteiger partial charge >= 0.3 is 0 Å². The first-order chi connectivity index (χ1) is 8.18. The highest BCUT2D eigenvalue weighted by atomic mass is 15.3. The van der Waals surface area contributed by atoms with Gasteiger partial charge in [-0.3, -0.25) is 4.68 Å². The summed E-state index contributed by atoms with van der Waals surface area (Å²) in [5, 5.41) is 9.32. The Labute approximate surface area is 103 Å². The zero-order chi connectivity index (χ0) is 12.3. The Kier molecular flexibility index (Phi) is 3.79. The molecule has 1 heterocycles. The first-order valence-corrected chi connectivity index (χ1v) is 6.30. The van der Waals surface area contributed by atoms with E-state index in [0.29, 0.717) is 5.92 Å². The Morgan fingerprint density at radius 1 is 1.29 bits per heavy atom. The Morgan fingerprint density at radius 2 is 2.06 bits per heavy atom. The molecule has 17 heavy (non-hydrogen) atoms. The number of para-hydroxylation sites is 1. The van der Waals surface area contributed by atoms with E-state index < -0.39 is 0 Å². The van der Waals surface area contributed by atoms with E-state index in [1.807, 2.05) is 11.7 Å². The highest BCUT2D eigenvalue weighted by Gasteiger charge is 2.06. The lowest BCUT2D eigenvalue weighted by Crippen LogP contribution is -2.22. The van der Waals surface area contributed by atoms with E-state index >= 15 is 0 Å². The molecule has 0 radical (unpaired) electrons. The second-order valence-corrected chi connectivity index (χ2v) is 4.94. The number of rotatable bonds is 5. The maximum Gasteiger partial charge on any atom is 0.0715 e. The van der Waals surface area contributed by atoms with Crippen molar-refractivity contribution in [3.05, 3.63) is 30.0 Å². The number of nitrogens with one attached hydrogen (secondary N) is 1. The minimum absolute atomic E-state index is 0.704. The number of benzene rings is 1. The van der Waals surface area contributed by atoms with Crippen molar-refractivity contribution in [2.45, 2.75) is 20.3 Å². The van der Waals surface area contributed by atoms with Crippen LogP contribution in [-0.4, -0.2) is 22.9 Å². The molecule has 1 aromatic heterocycles. The van der Waals surface area contributed by atoms with Gasteiger partial charge in [0.2, 0.25) is 0 Å². The molecule has 1 aromatic carbocycles. The van der Waals surface area contributed by atoms with Gasteiger partial charge in [0.05, 0.1) is 11.2 Å². The third kappa shape index (κ3) is 2.86. The molecule has 0 saturated heterocycles. The molecule has 0 saturated carbocycles. The fraction of sp³-hybridized carbons (Fsp3) is 0.500. The first kappa shape index (κ1) is 12.1. The highest BCUT2D eigenvalue weighted by molar-refractivity contribution is 5.81. The van der Waals surface area contributed by atoms with E-state index in [2.05, 4.69) is 48.5 Å². The van der Waals surface area contributed by atoms with Crippen molar-refractivity contribution in [3.63, 3.8) is 0 Å². The molecule has 0 aliphatic rings. The van der Waals surface area contributed by atoms with Gasteiger partial charge < -0.3 is 5.32 Å². The van der Waals surface area contributed by atoms with Crippen molar-refractivity contribution in [2.75, 3.05) is 13.1 Å². The number of aromatic nitrogens is 2. The topological polar surface area (TPSA) is 29.9 Å². The van der Waals surface area contributed by atoms with E-state index in [4.69, 9.17) is 0 Å². The van der Waals surface area contributed by atoms with Crippen LogP contribution in [0.2, 0.25) is 0 Å². The molecule has 0 fully saturated rings. The summed E-state index contributed by atoms with van der Waals surface area (Å²) in [5.74, 6) is 0.704. The van der Waals surface area contributed by atoms with Crippen LogP contribution in [0.1, 0.15) is 19.5 Å². The van der Waals surface area contributed by atoms with Gasteiger partial charge in [0, 0.05) is 25.4 Å². The van der Waals surface area contributed by atoms with Crippen LogP contribution in [0.3, 0.4) is 0 Å². The Hall–Kier alpha value is -1.35. The zero-order valence-electron chi connectivity index (χ0n) is 10.9. The zero-order valence-corrected chi connectivity index (χ0v) is 10.9. The van der Waals surface area contributed by atoms with Crippen LogP contribution in [0.5, 0.6) is 0 Å². The number of nitrogens with zero attached hydrogens (tertiary/aromatic N) is 2. The van der Waals surface area contributed by atoms with Crippen LogP contribution >= 0.6 is 0 Å². The maximum absolute atomic E-state index is 4.58. The van der Waals surface area contributed by atoms with Crippen LogP contribution in [-0.2, 0) is 13.5 Å². The molecule has 0 aliphatic carbocycles. The molecule has 0 aliphatic heterocycles. The van der Waals surface area contributed by atoms with Crippen LogP contribution in [0.4, 0.5) is 0 Å². The molecule has 0 spiro atoms. The summed E-state index contributed by atoms with van der Waals surface area (Å²) in [5.41, 5.74) is 2.41. The first-order valence-electron chi connectivity index (χ1n) is 6.30.